The highest BCUT2D eigenvalue weighted by Crippen LogP contribution is 2.13. The van der Waals surface area contributed by atoms with Crippen LogP contribution in [-0.4, -0.2) is 62.5 Å². The maximum Gasteiger partial charge on any atom is 0.251 e. The lowest BCUT2D eigenvalue weighted by Crippen LogP contribution is -2.37. The standard InChI is InChI=1S/C21H32N6OS/c1-5-18-15-25-19(29-18)9-10-24-21(22-2)26-14-16-7-6-8-17(13-16)20(28)23-11-12-27(3)4/h6-8,13,15H,5,9-12,14H2,1-4H3,(H,23,28)(H2,22,24,26). The van der Waals surface area contributed by atoms with E-state index in [1.54, 1.807) is 18.4 Å². The molecule has 0 spiro atoms. The number of hydrogen-bond donors (Lipinski definition) is 3. The number of nitrogens with zero attached hydrogens (tertiary/aromatic N) is 3. The van der Waals surface area contributed by atoms with Crippen molar-refractivity contribution in [1.29, 1.82) is 0 Å². The summed E-state index contributed by atoms with van der Waals surface area (Å²) in [6.07, 6.45) is 3.85. The summed E-state index contributed by atoms with van der Waals surface area (Å²) in [6, 6.07) is 7.65. The van der Waals surface area contributed by atoms with E-state index in [4.69, 9.17) is 0 Å². The van der Waals surface area contributed by atoms with E-state index >= 15 is 0 Å². The zero-order valence-corrected chi connectivity index (χ0v) is 18.6. The van der Waals surface area contributed by atoms with Gasteiger partial charge in [-0.1, -0.05) is 19.1 Å². The molecule has 7 nitrogen and oxygen atoms in total. The van der Waals surface area contributed by atoms with Crippen LogP contribution in [0.15, 0.2) is 35.5 Å². The lowest BCUT2D eigenvalue weighted by molar-refractivity contribution is 0.0951. The molecule has 3 N–H and O–H groups in total. The van der Waals surface area contributed by atoms with Crippen LogP contribution in [0.5, 0.6) is 0 Å². The molecule has 1 heterocycles. The van der Waals surface area contributed by atoms with Crippen molar-refractivity contribution >= 4 is 23.2 Å². The number of amides is 1. The van der Waals surface area contributed by atoms with Crippen LogP contribution in [0.25, 0.3) is 0 Å². The zero-order chi connectivity index (χ0) is 21.1. The highest BCUT2D eigenvalue weighted by Gasteiger charge is 2.07. The fourth-order valence-electron chi connectivity index (χ4n) is 2.64. The number of thiazole rings is 1. The summed E-state index contributed by atoms with van der Waals surface area (Å²) in [5.41, 5.74) is 1.70. The van der Waals surface area contributed by atoms with Gasteiger partial charge in [-0.15, -0.1) is 11.3 Å². The van der Waals surface area contributed by atoms with Crippen LogP contribution in [0.1, 0.15) is 32.7 Å². The van der Waals surface area contributed by atoms with Gasteiger partial charge < -0.3 is 20.9 Å². The van der Waals surface area contributed by atoms with Crippen LogP contribution in [0.3, 0.4) is 0 Å². The monoisotopic (exact) mass is 416 g/mol. The molecule has 0 saturated carbocycles. The van der Waals surface area contributed by atoms with Gasteiger partial charge in [0.25, 0.3) is 5.91 Å². The van der Waals surface area contributed by atoms with Crippen LogP contribution >= 0.6 is 11.3 Å². The predicted octanol–water partition coefficient (Wildman–Crippen LogP) is 1.90. The molecule has 2 aromatic rings. The van der Waals surface area contributed by atoms with Crippen molar-refractivity contribution in [1.82, 2.24) is 25.8 Å². The van der Waals surface area contributed by atoms with Gasteiger partial charge in [-0.05, 0) is 38.2 Å². The Hall–Kier alpha value is -2.45. The number of benzene rings is 1. The zero-order valence-electron chi connectivity index (χ0n) is 17.8. The number of aryl methyl sites for hydroxylation is 1. The normalized spacial score (nSPS) is 11.6. The van der Waals surface area contributed by atoms with Crippen LogP contribution in [-0.2, 0) is 19.4 Å². The van der Waals surface area contributed by atoms with E-state index in [9.17, 15) is 4.79 Å². The topological polar surface area (TPSA) is 81.6 Å². The van der Waals surface area contributed by atoms with Gasteiger partial charge in [-0.3, -0.25) is 9.79 Å². The molecule has 0 bridgehead atoms. The van der Waals surface area contributed by atoms with Crippen molar-refractivity contribution in [3.05, 3.63) is 51.5 Å². The number of likely N-dealkylation sites (N-methyl/N-ethyl adjacent to an activating group) is 1. The molecule has 2 rings (SSSR count). The molecule has 1 amide bonds. The summed E-state index contributed by atoms with van der Waals surface area (Å²) >= 11 is 1.76. The Kier molecular flexibility index (Phi) is 9.59. The van der Waals surface area contributed by atoms with E-state index < -0.39 is 0 Å². The molecule has 0 aliphatic heterocycles. The Morgan fingerprint density at radius 3 is 2.72 bits per heavy atom. The van der Waals surface area contributed by atoms with Crippen molar-refractivity contribution in [2.45, 2.75) is 26.3 Å². The van der Waals surface area contributed by atoms with Crippen molar-refractivity contribution in [2.24, 2.45) is 4.99 Å². The van der Waals surface area contributed by atoms with E-state index in [1.807, 2.05) is 49.5 Å². The second-order valence-corrected chi connectivity index (χ2v) is 8.14. The highest BCUT2D eigenvalue weighted by atomic mass is 32.1. The molecule has 0 unspecified atom stereocenters. The predicted molar refractivity (Wildman–Crippen MR) is 121 cm³/mol. The van der Waals surface area contributed by atoms with E-state index in [1.165, 1.54) is 4.88 Å². The average Bonchev–Trinajstić information content (AvgIpc) is 3.18. The number of guanidine groups is 1. The Labute approximate surface area is 177 Å². The molecule has 0 atom stereocenters. The summed E-state index contributed by atoms with van der Waals surface area (Å²) in [5, 5.41) is 10.7. The van der Waals surface area contributed by atoms with Crippen LogP contribution in [0.4, 0.5) is 0 Å². The quantitative estimate of drug-likeness (QED) is 0.407. The molecular formula is C21H32N6OS. The number of carbonyl (C=O) groups is 1. The maximum absolute atomic E-state index is 12.3. The van der Waals surface area contributed by atoms with Crippen molar-refractivity contribution in [2.75, 3.05) is 40.8 Å². The van der Waals surface area contributed by atoms with Crippen LogP contribution < -0.4 is 16.0 Å². The number of nitrogens with one attached hydrogen (secondary N) is 3. The Bertz CT molecular complexity index is 802. The molecule has 8 heteroatoms. The van der Waals surface area contributed by atoms with Gasteiger partial charge in [0.1, 0.15) is 0 Å². The second-order valence-electron chi connectivity index (χ2n) is 6.94. The van der Waals surface area contributed by atoms with Gasteiger partial charge >= 0.3 is 0 Å². The molecule has 0 aliphatic carbocycles. The summed E-state index contributed by atoms with van der Waals surface area (Å²) in [5.74, 6) is 0.684. The third-order valence-corrected chi connectivity index (χ3v) is 5.50. The summed E-state index contributed by atoms with van der Waals surface area (Å²) in [7, 11) is 5.72. The minimum atomic E-state index is -0.0499. The number of aliphatic imine (C=N–C) groups is 1. The summed E-state index contributed by atoms with van der Waals surface area (Å²) in [4.78, 5) is 24.3. The lowest BCUT2D eigenvalue weighted by atomic mass is 10.1. The molecule has 158 valence electrons. The first-order chi connectivity index (χ1) is 14.0. The Morgan fingerprint density at radius 2 is 2.03 bits per heavy atom. The van der Waals surface area contributed by atoms with Crippen molar-refractivity contribution in [3.63, 3.8) is 0 Å². The molecule has 1 aromatic heterocycles. The molecule has 1 aromatic carbocycles. The van der Waals surface area contributed by atoms with Crippen molar-refractivity contribution < 1.29 is 4.79 Å². The second kappa shape index (κ2) is 12.2. The first-order valence-electron chi connectivity index (χ1n) is 9.91. The van der Waals surface area contributed by atoms with Gasteiger partial charge in [-0.25, -0.2) is 4.98 Å². The van der Waals surface area contributed by atoms with Crippen LogP contribution in [0, 0.1) is 0 Å². The smallest absolute Gasteiger partial charge is 0.251 e. The Balaban J connectivity index is 1.78. The molecular weight excluding hydrogens is 384 g/mol. The summed E-state index contributed by atoms with van der Waals surface area (Å²) < 4.78 is 0. The highest BCUT2D eigenvalue weighted by molar-refractivity contribution is 7.11. The number of carbonyl (C=O) groups excluding carboxylic acids is 1. The fraction of sp³-hybridized carbons (Fsp3) is 0.476. The molecule has 0 saturated heterocycles. The van der Waals surface area contributed by atoms with Crippen LogP contribution in [0.2, 0.25) is 0 Å². The fourth-order valence-corrected chi connectivity index (χ4v) is 3.50. The maximum atomic E-state index is 12.3. The minimum absolute atomic E-state index is 0.0499. The van der Waals surface area contributed by atoms with Gasteiger partial charge in [0.2, 0.25) is 0 Å². The molecule has 0 aliphatic rings. The number of rotatable bonds is 10. The van der Waals surface area contributed by atoms with Gasteiger partial charge in [0, 0.05) is 56.3 Å². The van der Waals surface area contributed by atoms with Gasteiger partial charge in [0.15, 0.2) is 5.96 Å². The lowest BCUT2D eigenvalue weighted by Gasteiger charge is -2.13. The van der Waals surface area contributed by atoms with E-state index in [0.29, 0.717) is 18.7 Å². The summed E-state index contributed by atoms with van der Waals surface area (Å²) in [6.45, 7) is 4.95. The third kappa shape index (κ3) is 8.21. The first kappa shape index (κ1) is 22.8. The molecule has 0 fully saturated rings. The largest absolute Gasteiger partial charge is 0.356 e. The van der Waals surface area contributed by atoms with Crippen molar-refractivity contribution in [3.8, 4) is 0 Å². The Morgan fingerprint density at radius 1 is 1.21 bits per heavy atom. The van der Waals surface area contributed by atoms with E-state index in [0.717, 1.165) is 42.5 Å². The third-order valence-electron chi connectivity index (χ3n) is 4.30. The number of hydrogen-bond acceptors (Lipinski definition) is 5. The molecule has 0 radical (unpaired) electrons. The molecule has 29 heavy (non-hydrogen) atoms. The SMILES string of the molecule is CCc1cnc(CCNC(=NC)NCc2cccc(C(=O)NCCN(C)C)c2)s1. The van der Waals surface area contributed by atoms with Gasteiger partial charge in [0.05, 0.1) is 5.01 Å². The van der Waals surface area contributed by atoms with E-state index in [-0.39, 0.29) is 5.91 Å². The minimum Gasteiger partial charge on any atom is -0.356 e. The van der Waals surface area contributed by atoms with E-state index in [2.05, 4.69) is 32.9 Å². The average molecular weight is 417 g/mol. The first-order valence-corrected chi connectivity index (χ1v) is 10.7. The van der Waals surface area contributed by atoms with Gasteiger partial charge in [-0.2, -0.15) is 0 Å². The number of aromatic nitrogens is 1.